The van der Waals surface area contributed by atoms with Crippen molar-refractivity contribution in [2.75, 3.05) is 12.9 Å². The van der Waals surface area contributed by atoms with Crippen molar-refractivity contribution in [1.29, 1.82) is 0 Å². The summed E-state index contributed by atoms with van der Waals surface area (Å²) < 4.78 is 6.65. The fraction of sp³-hybridized carbons (Fsp3) is 0.0833. The first-order valence-electron chi connectivity index (χ1n) is 10.1. The lowest BCUT2D eigenvalue weighted by Gasteiger charge is -2.13. The van der Waals surface area contributed by atoms with Crippen molar-refractivity contribution in [1.82, 2.24) is 15.0 Å². The number of ether oxygens (including phenoxy) is 1. The van der Waals surface area contributed by atoms with Crippen LogP contribution in [-0.2, 0) is 4.79 Å². The minimum Gasteiger partial charge on any atom is -0.508 e. The lowest BCUT2D eigenvalue weighted by molar-refractivity contribution is -0.118. The Hall–Kier alpha value is -4.31. The van der Waals surface area contributed by atoms with Gasteiger partial charge in [0.15, 0.2) is 5.16 Å². The number of para-hydroxylation sites is 1. The fourth-order valence-corrected chi connectivity index (χ4v) is 3.95. The SMILES string of the molecule is COc1ccc(-n2c(SCC(=O)N/N=C/c3ccc(O)cc3O)nc3ccccc3c2=O)cc1. The minimum atomic E-state index is -0.428. The molecule has 0 radical (unpaired) electrons. The van der Waals surface area contributed by atoms with Gasteiger partial charge in [-0.15, -0.1) is 0 Å². The normalized spacial score (nSPS) is 11.1. The number of amides is 1. The van der Waals surface area contributed by atoms with Crippen molar-refractivity contribution in [2.24, 2.45) is 5.10 Å². The van der Waals surface area contributed by atoms with Gasteiger partial charge in [0, 0.05) is 11.6 Å². The lowest BCUT2D eigenvalue weighted by atomic mass is 10.2. The molecule has 0 unspecified atom stereocenters. The number of thioether (sulfide) groups is 1. The minimum absolute atomic E-state index is 0.0557. The Kier molecular flexibility index (Phi) is 6.79. The van der Waals surface area contributed by atoms with Gasteiger partial charge in [0.2, 0.25) is 0 Å². The van der Waals surface area contributed by atoms with Gasteiger partial charge in [-0.1, -0.05) is 23.9 Å². The Morgan fingerprint density at radius 1 is 1.15 bits per heavy atom. The summed E-state index contributed by atoms with van der Waals surface area (Å²) in [5, 5.41) is 23.8. The van der Waals surface area contributed by atoms with Crippen LogP contribution in [0.3, 0.4) is 0 Å². The zero-order valence-electron chi connectivity index (χ0n) is 18.0. The quantitative estimate of drug-likeness (QED) is 0.162. The summed E-state index contributed by atoms with van der Waals surface area (Å²) in [6, 6.07) is 18.0. The summed E-state index contributed by atoms with van der Waals surface area (Å²) in [6.45, 7) is 0. The largest absolute Gasteiger partial charge is 0.508 e. The lowest BCUT2D eigenvalue weighted by Crippen LogP contribution is -2.24. The van der Waals surface area contributed by atoms with Crippen molar-refractivity contribution in [3.8, 4) is 22.9 Å². The van der Waals surface area contributed by atoms with Gasteiger partial charge in [0.05, 0.1) is 35.7 Å². The van der Waals surface area contributed by atoms with Gasteiger partial charge in [-0.3, -0.25) is 14.2 Å². The van der Waals surface area contributed by atoms with Gasteiger partial charge >= 0.3 is 0 Å². The number of phenolic OH excluding ortho intramolecular Hbond substituents is 2. The standard InChI is InChI=1S/C24H20N4O5S/c1-33-18-10-7-16(8-11-18)28-23(32)19-4-2-3-5-20(19)26-24(28)34-14-22(31)27-25-13-15-6-9-17(29)12-21(15)30/h2-13,29-30H,14H2,1H3,(H,27,31)/b25-13+. The predicted octanol–water partition coefficient (Wildman–Crippen LogP) is 3.05. The van der Waals surface area contributed by atoms with E-state index in [9.17, 15) is 19.8 Å². The number of methoxy groups -OCH3 is 1. The molecule has 0 saturated carbocycles. The van der Waals surface area contributed by atoms with Crippen LogP contribution in [0.25, 0.3) is 16.6 Å². The summed E-state index contributed by atoms with van der Waals surface area (Å²) in [7, 11) is 1.56. The van der Waals surface area contributed by atoms with E-state index in [0.717, 1.165) is 11.8 Å². The van der Waals surface area contributed by atoms with Crippen molar-refractivity contribution in [3.05, 3.63) is 82.6 Å². The second-order valence-electron chi connectivity index (χ2n) is 7.08. The molecule has 0 fully saturated rings. The van der Waals surface area contributed by atoms with E-state index in [1.54, 1.807) is 55.6 Å². The van der Waals surface area contributed by atoms with E-state index < -0.39 is 5.91 Å². The number of carbonyl (C=O) groups excluding carboxylic acids is 1. The van der Waals surface area contributed by atoms with Gasteiger partial charge in [-0.05, 0) is 48.5 Å². The van der Waals surface area contributed by atoms with Crippen molar-refractivity contribution < 1.29 is 19.7 Å². The first kappa shape index (κ1) is 22.9. The number of phenols is 2. The van der Waals surface area contributed by atoms with Gasteiger partial charge < -0.3 is 14.9 Å². The van der Waals surface area contributed by atoms with E-state index in [1.807, 2.05) is 0 Å². The van der Waals surface area contributed by atoms with Gasteiger partial charge in [0.25, 0.3) is 11.5 Å². The average molecular weight is 477 g/mol. The number of hydrazone groups is 1. The maximum atomic E-state index is 13.2. The second kappa shape index (κ2) is 10.1. The molecule has 4 aromatic rings. The van der Waals surface area contributed by atoms with Crippen LogP contribution >= 0.6 is 11.8 Å². The van der Waals surface area contributed by atoms with E-state index in [1.165, 1.54) is 29.0 Å². The molecule has 1 aromatic heterocycles. The number of rotatable bonds is 7. The molecule has 0 saturated heterocycles. The first-order valence-corrected chi connectivity index (χ1v) is 11.1. The predicted molar refractivity (Wildman–Crippen MR) is 130 cm³/mol. The molecule has 3 aromatic carbocycles. The van der Waals surface area contributed by atoms with Gasteiger partial charge in [0.1, 0.15) is 17.2 Å². The molecule has 3 N–H and O–H groups in total. The molecule has 0 bridgehead atoms. The van der Waals surface area contributed by atoms with Crippen LogP contribution < -0.4 is 15.7 Å². The molecule has 0 aliphatic heterocycles. The molecule has 0 atom stereocenters. The Balaban J connectivity index is 1.56. The van der Waals surface area contributed by atoms with Crippen LogP contribution in [0.15, 0.2) is 81.8 Å². The number of hydrogen-bond acceptors (Lipinski definition) is 8. The molecule has 0 aliphatic carbocycles. The van der Waals surface area contributed by atoms with Crippen molar-refractivity contribution >= 4 is 34.8 Å². The summed E-state index contributed by atoms with van der Waals surface area (Å²) >= 11 is 1.09. The Morgan fingerprint density at radius 2 is 1.91 bits per heavy atom. The third kappa shape index (κ3) is 5.02. The Labute approximate surface area is 198 Å². The molecule has 1 heterocycles. The van der Waals surface area contributed by atoms with Gasteiger partial charge in [-0.25, -0.2) is 10.4 Å². The average Bonchev–Trinajstić information content (AvgIpc) is 2.84. The van der Waals surface area contributed by atoms with Crippen LogP contribution in [-0.4, -0.2) is 44.7 Å². The van der Waals surface area contributed by atoms with Crippen molar-refractivity contribution in [3.63, 3.8) is 0 Å². The zero-order valence-corrected chi connectivity index (χ0v) is 18.8. The van der Waals surface area contributed by atoms with E-state index >= 15 is 0 Å². The summed E-state index contributed by atoms with van der Waals surface area (Å²) in [6.07, 6.45) is 1.26. The molecule has 0 spiro atoms. The molecule has 1 amide bonds. The highest BCUT2D eigenvalue weighted by atomic mass is 32.2. The zero-order chi connectivity index (χ0) is 24.1. The van der Waals surface area contributed by atoms with E-state index in [-0.39, 0.29) is 22.8 Å². The molecule has 4 rings (SSSR count). The summed E-state index contributed by atoms with van der Waals surface area (Å²) in [5.41, 5.74) is 3.57. The van der Waals surface area contributed by atoms with Crippen LogP contribution in [0, 0.1) is 0 Å². The van der Waals surface area contributed by atoms with Crippen LogP contribution in [0.4, 0.5) is 0 Å². The number of carbonyl (C=O) groups is 1. The second-order valence-corrected chi connectivity index (χ2v) is 8.02. The van der Waals surface area contributed by atoms with E-state index in [0.29, 0.717) is 33.1 Å². The number of aromatic nitrogens is 2. The number of hydrogen-bond donors (Lipinski definition) is 3. The Bertz CT molecular complexity index is 1430. The maximum absolute atomic E-state index is 13.2. The monoisotopic (exact) mass is 476 g/mol. The fourth-order valence-electron chi connectivity index (χ4n) is 3.15. The Morgan fingerprint density at radius 3 is 2.65 bits per heavy atom. The molecule has 10 heteroatoms. The van der Waals surface area contributed by atoms with E-state index in [2.05, 4.69) is 15.5 Å². The molecular formula is C24H20N4O5S. The van der Waals surface area contributed by atoms with Crippen LogP contribution in [0.1, 0.15) is 5.56 Å². The molecule has 172 valence electrons. The summed E-state index contributed by atoms with van der Waals surface area (Å²) in [5.74, 6) is -0.0863. The van der Waals surface area contributed by atoms with Crippen molar-refractivity contribution in [2.45, 2.75) is 5.16 Å². The van der Waals surface area contributed by atoms with Gasteiger partial charge in [-0.2, -0.15) is 5.10 Å². The molecular weight excluding hydrogens is 456 g/mol. The maximum Gasteiger partial charge on any atom is 0.266 e. The third-order valence-corrected chi connectivity index (χ3v) is 5.75. The number of fused-ring (bicyclic) bond motifs is 1. The highest BCUT2D eigenvalue weighted by molar-refractivity contribution is 7.99. The highest BCUT2D eigenvalue weighted by Gasteiger charge is 2.15. The number of benzene rings is 3. The number of nitrogens with one attached hydrogen (secondary N) is 1. The van der Waals surface area contributed by atoms with E-state index in [4.69, 9.17) is 4.74 Å². The van der Waals surface area contributed by atoms with Crippen LogP contribution in [0.2, 0.25) is 0 Å². The topological polar surface area (TPSA) is 126 Å². The molecule has 34 heavy (non-hydrogen) atoms. The highest BCUT2D eigenvalue weighted by Crippen LogP contribution is 2.23. The molecule has 0 aliphatic rings. The number of aromatic hydroxyl groups is 2. The molecule has 9 nitrogen and oxygen atoms in total. The smallest absolute Gasteiger partial charge is 0.266 e. The summed E-state index contributed by atoms with van der Waals surface area (Å²) in [4.78, 5) is 30.2. The first-order chi connectivity index (χ1) is 16.5. The number of nitrogens with zero attached hydrogens (tertiary/aromatic N) is 3. The third-order valence-electron chi connectivity index (χ3n) is 4.81. The van der Waals surface area contributed by atoms with Crippen LogP contribution in [0.5, 0.6) is 17.2 Å².